The van der Waals surface area contributed by atoms with Gasteiger partial charge in [0.05, 0.1) is 5.56 Å². The van der Waals surface area contributed by atoms with Crippen LogP contribution >= 0.6 is 0 Å². The van der Waals surface area contributed by atoms with Crippen molar-refractivity contribution in [3.05, 3.63) is 70.9 Å². The van der Waals surface area contributed by atoms with Gasteiger partial charge in [0.2, 0.25) is 0 Å². The van der Waals surface area contributed by atoms with Crippen molar-refractivity contribution in [2.24, 2.45) is 5.92 Å². The van der Waals surface area contributed by atoms with Crippen LogP contribution in [0.5, 0.6) is 0 Å². The molecule has 0 amide bonds. The van der Waals surface area contributed by atoms with E-state index in [1.165, 1.54) is 0 Å². The largest absolute Gasteiger partial charge is 0.457 e. The van der Waals surface area contributed by atoms with E-state index in [0.29, 0.717) is 5.56 Å². The number of aryl methyl sites for hydroxylation is 1. The van der Waals surface area contributed by atoms with Gasteiger partial charge >= 0.3 is 5.97 Å². The number of esters is 1. The van der Waals surface area contributed by atoms with E-state index in [9.17, 15) is 9.59 Å². The molecule has 1 aromatic heterocycles. The average Bonchev–Trinajstić information content (AvgIpc) is 3.03. The van der Waals surface area contributed by atoms with Gasteiger partial charge < -0.3 is 9.72 Å². The number of aromatic nitrogens is 1. The molecule has 0 saturated carbocycles. The molecule has 1 heterocycles. The maximum atomic E-state index is 12.7. The van der Waals surface area contributed by atoms with Gasteiger partial charge in [0.25, 0.3) is 0 Å². The number of Topliss-reactive ketones (excluding diaryl/α,β-unsaturated/α-hetero) is 1. The first-order chi connectivity index (χ1) is 13.0. The van der Waals surface area contributed by atoms with Crippen LogP contribution in [0.2, 0.25) is 0 Å². The van der Waals surface area contributed by atoms with E-state index in [-0.39, 0.29) is 24.3 Å². The van der Waals surface area contributed by atoms with E-state index < -0.39 is 0 Å². The quantitative estimate of drug-likeness (QED) is 0.457. The summed E-state index contributed by atoms with van der Waals surface area (Å²) in [5.74, 6) is -0.316. The second-order valence-electron chi connectivity index (χ2n) is 7.07. The maximum Gasteiger partial charge on any atom is 0.338 e. The lowest BCUT2D eigenvalue weighted by atomic mass is 9.96. The van der Waals surface area contributed by atoms with Gasteiger partial charge in [0.15, 0.2) is 5.78 Å². The molecule has 0 aliphatic carbocycles. The molecule has 4 nitrogen and oxygen atoms in total. The van der Waals surface area contributed by atoms with Crippen LogP contribution in [-0.2, 0) is 17.8 Å². The zero-order valence-electron chi connectivity index (χ0n) is 16.0. The monoisotopic (exact) mass is 363 g/mol. The number of aromatic amines is 1. The highest BCUT2D eigenvalue weighted by molar-refractivity contribution is 6.11. The Morgan fingerprint density at radius 1 is 1.07 bits per heavy atom. The van der Waals surface area contributed by atoms with Crippen molar-refractivity contribution in [3.63, 3.8) is 0 Å². The highest BCUT2D eigenvalue weighted by atomic mass is 16.5. The van der Waals surface area contributed by atoms with E-state index in [0.717, 1.165) is 40.6 Å². The molecule has 0 aliphatic rings. The Balaban J connectivity index is 1.88. The fraction of sp³-hybridized carbons (Fsp3) is 0.304. The third kappa shape index (κ3) is 4.11. The molecule has 4 heteroatoms. The lowest BCUT2D eigenvalue weighted by Gasteiger charge is -2.07. The fourth-order valence-corrected chi connectivity index (χ4v) is 3.19. The fourth-order valence-electron chi connectivity index (χ4n) is 3.19. The third-order valence-corrected chi connectivity index (χ3v) is 4.60. The first kappa shape index (κ1) is 18.9. The molecule has 0 fully saturated rings. The van der Waals surface area contributed by atoms with E-state index in [1.807, 2.05) is 50.2 Å². The molecule has 0 bridgehead atoms. The van der Waals surface area contributed by atoms with E-state index in [4.69, 9.17) is 4.74 Å². The van der Waals surface area contributed by atoms with Gasteiger partial charge in [-0.25, -0.2) is 4.79 Å². The molecule has 3 rings (SSSR count). The second-order valence-corrected chi connectivity index (χ2v) is 7.07. The smallest absolute Gasteiger partial charge is 0.338 e. The van der Waals surface area contributed by atoms with Crippen molar-refractivity contribution in [2.75, 3.05) is 0 Å². The minimum Gasteiger partial charge on any atom is -0.457 e. The number of ketones is 1. The first-order valence-corrected chi connectivity index (χ1v) is 9.41. The van der Waals surface area contributed by atoms with Crippen LogP contribution in [0.3, 0.4) is 0 Å². The summed E-state index contributed by atoms with van der Waals surface area (Å²) in [5, 5.41) is 0.872. The number of hydrogen-bond acceptors (Lipinski definition) is 3. The molecule has 0 spiro atoms. The summed E-state index contributed by atoms with van der Waals surface area (Å²) >= 11 is 0. The summed E-state index contributed by atoms with van der Waals surface area (Å²) in [6.07, 6.45) is 1.74. The van der Waals surface area contributed by atoms with Gasteiger partial charge in [-0.05, 0) is 24.1 Å². The Kier molecular flexibility index (Phi) is 5.75. The summed E-state index contributed by atoms with van der Waals surface area (Å²) in [6.45, 7) is 6.14. The van der Waals surface area contributed by atoms with Gasteiger partial charge in [0.1, 0.15) is 6.61 Å². The predicted molar refractivity (Wildman–Crippen MR) is 107 cm³/mol. The normalized spacial score (nSPS) is 11.1. The summed E-state index contributed by atoms with van der Waals surface area (Å²) < 4.78 is 5.41. The molecule has 0 unspecified atom stereocenters. The Hall–Kier alpha value is -2.88. The summed E-state index contributed by atoms with van der Waals surface area (Å²) in [6, 6.07) is 14.9. The maximum absolute atomic E-state index is 12.7. The van der Waals surface area contributed by atoms with Crippen LogP contribution < -0.4 is 0 Å². The van der Waals surface area contributed by atoms with E-state index >= 15 is 0 Å². The van der Waals surface area contributed by atoms with E-state index in [2.05, 4.69) is 11.9 Å². The summed E-state index contributed by atoms with van der Waals surface area (Å²) in [5.41, 5.74) is 3.93. The average molecular weight is 363 g/mol. The van der Waals surface area contributed by atoms with Crippen molar-refractivity contribution in [1.29, 1.82) is 0 Å². The van der Waals surface area contributed by atoms with Gasteiger partial charge in [-0.2, -0.15) is 0 Å². The zero-order chi connectivity index (χ0) is 19.4. The van der Waals surface area contributed by atoms with Crippen molar-refractivity contribution in [1.82, 2.24) is 4.98 Å². The second kappa shape index (κ2) is 8.21. The number of rotatable bonds is 7. The van der Waals surface area contributed by atoms with Gasteiger partial charge in [-0.3, -0.25) is 4.79 Å². The van der Waals surface area contributed by atoms with Crippen molar-refractivity contribution in [3.8, 4) is 0 Å². The highest BCUT2D eigenvalue weighted by Crippen LogP contribution is 2.27. The number of benzene rings is 2. The molecule has 27 heavy (non-hydrogen) atoms. The Morgan fingerprint density at radius 2 is 1.81 bits per heavy atom. The zero-order valence-corrected chi connectivity index (χ0v) is 16.0. The molecule has 0 radical (unpaired) electrons. The van der Waals surface area contributed by atoms with Gasteiger partial charge in [0, 0.05) is 28.1 Å². The number of H-pyrrole nitrogens is 1. The first-order valence-electron chi connectivity index (χ1n) is 9.41. The molecule has 0 aliphatic heterocycles. The molecule has 140 valence electrons. The van der Waals surface area contributed by atoms with Crippen LogP contribution in [0.15, 0.2) is 48.5 Å². The van der Waals surface area contributed by atoms with Crippen molar-refractivity contribution in [2.45, 2.75) is 40.2 Å². The number of nitrogens with one attached hydrogen (secondary N) is 1. The van der Waals surface area contributed by atoms with Crippen LogP contribution in [0, 0.1) is 5.92 Å². The Labute approximate surface area is 159 Å². The predicted octanol–water partition coefficient (Wildman–Crippen LogP) is 5.32. The minimum absolute atomic E-state index is 0.0740. The minimum atomic E-state index is -0.371. The molecule has 0 saturated heterocycles. The van der Waals surface area contributed by atoms with Crippen LogP contribution in [0.1, 0.15) is 59.2 Å². The molecule has 2 aromatic carbocycles. The molecule has 1 N–H and O–H groups in total. The van der Waals surface area contributed by atoms with E-state index in [1.54, 1.807) is 12.1 Å². The number of ether oxygens (including phenoxy) is 1. The van der Waals surface area contributed by atoms with Crippen molar-refractivity contribution < 1.29 is 14.3 Å². The lowest BCUT2D eigenvalue weighted by molar-refractivity contribution is 0.0473. The SMILES string of the molecule is CCCc1[nH]c2cc(C(=O)OCc3ccccc3)ccc2c1C(=O)C(C)C. The summed E-state index contributed by atoms with van der Waals surface area (Å²) in [7, 11) is 0. The number of carbonyl (C=O) groups excluding carboxylic acids is 2. The van der Waals surface area contributed by atoms with Gasteiger partial charge in [-0.1, -0.05) is 63.6 Å². The third-order valence-electron chi connectivity index (χ3n) is 4.60. The molecule has 0 atom stereocenters. The lowest BCUT2D eigenvalue weighted by Crippen LogP contribution is -2.09. The molecular formula is C23H25NO3. The summed E-state index contributed by atoms with van der Waals surface area (Å²) in [4.78, 5) is 28.4. The molecule has 3 aromatic rings. The number of hydrogen-bond donors (Lipinski definition) is 1. The topological polar surface area (TPSA) is 59.2 Å². The Bertz CT molecular complexity index is 954. The highest BCUT2D eigenvalue weighted by Gasteiger charge is 2.21. The van der Waals surface area contributed by atoms with Gasteiger partial charge in [-0.15, -0.1) is 0 Å². The van der Waals surface area contributed by atoms with Crippen LogP contribution in [0.25, 0.3) is 10.9 Å². The number of fused-ring (bicyclic) bond motifs is 1. The van der Waals surface area contributed by atoms with Crippen LogP contribution in [0.4, 0.5) is 0 Å². The van der Waals surface area contributed by atoms with Crippen LogP contribution in [-0.4, -0.2) is 16.7 Å². The number of carbonyl (C=O) groups is 2. The van der Waals surface area contributed by atoms with Crippen molar-refractivity contribution >= 4 is 22.7 Å². The molecular weight excluding hydrogens is 338 g/mol. The Morgan fingerprint density at radius 3 is 2.48 bits per heavy atom. The standard InChI is InChI=1S/C23H25NO3/c1-4-8-19-21(22(25)15(2)3)18-12-11-17(13-20(18)24-19)23(26)27-14-16-9-6-5-7-10-16/h5-7,9-13,15,24H,4,8,14H2,1-3H3.